The Balaban J connectivity index is 1.86. The van der Waals surface area contributed by atoms with Crippen molar-refractivity contribution in [3.8, 4) is 0 Å². The van der Waals surface area contributed by atoms with Gasteiger partial charge in [-0.1, -0.05) is 30.3 Å². The summed E-state index contributed by atoms with van der Waals surface area (Å²) in [4.78, 5) is 34.5. The van der Waals surface area contributed by atoms with Gasteiger partial charge in [0.25, 0.3) is 0 Å². The van der Waals surface area contributed by atoms with Crippen LogP contribution in [0.25, 0.3) is 0 Å². The molecule has 1 unspecified atom stereocenters. The number of amides is 2. The molecule has 130 valence electrons. The molecule has 0 radical (unpaired) electrons. The Morgan fingerprint density at radius 3 is 2.50 bits per heavy atom. The first-order valence-corrected chi connectivity index (χ1v) is 7.93. The summed E-state index contributed by atoms with van der Waals surface area (Å²) >= 11 is 0. The van der Waals surface area contributed by atoms with Gasteiger partial charge in [0.1, 0.15) is 12.4 Å². The molecule has 2 amide bonds. The molecule has 7 nitrogen and oxygen atoms in total. The zero-order valence-electron chi connectivity index (χ0n) is 13.5. The smallest absolute Gasteiger partial charge is 0.407 e. The number of carbonyl (C=O) groups excluding carboxylic acids is 2. The monoisotopic (exact) mass is 334 g/mol. The number of ether oxygens (including phenoxy) is 1. The van der Waals surface area contributed by atoms with Crippen molar-refractivity contribution in [3.05, 3.63) is 35.9 Å². The molecule has 1 saturated carbocycles. The van der Waals surface area contributed by atoms with Crippen molar-refractivity contribution >= 4 is 18.0 Å². The largest absolute Gasteiger partial charge is 0.465 e. The van der Waals surface area contributed by atoms with Gasteiger partial charge < -0.3 is 20.5 Å². The first-order chi connectivity index (χ1) is 11.5. The number of Topliss-reactive ketones (excluding diaryl/α,β-unsaturated/α-hetero) is 1. The van der Waals surface area contributed by atoms with Gasteiger partial charge in [-0.25, -0.2) is 9.59 Å². The Kier molecular flexibility index (Phi) is 6.17. The van der Waals surface area contributed by atoms with Crippen LogP contribution in [0.5, 0.6) is 0 Å². The highest BCUT2D eigenvalue weighted by Crippen LogP contribution is 2.26. The van der Waals surface area contributed by atoms with E-state index in [2.05, 4.69) is 10.6 Å². The maximum absolute atomic E-state index is 12.0. The predicted molar refractivity (Wildman–Crippen MR) is 86.5 cm³/mol. The lowest BCUT2D eigenvalue weighted by Crippen LogP contribution is -2.50. The van der Waals surface area contributed by atoms with Crippen LogP contribution in [-0.2, 0) is 16.1 Å². The lowest BCUT2D eigenvalue weighted by atomic mass is 9.79. The SMILES string of the molecule is CC(=O)[C@@H]1CC(NC(=O)O)CC[C@@H]1NC(=O)OCc1ccccc1. The van der Waals surface area contributed by atoms with Crippen LogP contribution in [0.3, 0.4) is 0 Å². The minimum Gasteiger partial charge on any atom is -0.465 e. The number of nitrogens with one attached hydrogen (secondary N) is 2. The van der Waals surface area contributed by atoms with Crippen LogP contribution in [0, 0.1) is 5.92 Å². The molecule has 1 aromatic carbocycles. The van der Waals surface area contributed by atoms with E-state index in [1.807, 2.05) is 30.3 Å². The zero-order valence-corrected chi connectivity index (χ0v) is 13.5. The molecule has 1 aromatic rings. The van der Waals surface area contributed by atoms with Crippen LogP contribution in [0.1, 0.15) is 31.7 Å². The number of hydrogen-bond donors (Lipinski definition) is 3. The normalized spacial score (nSPS) is 23.1. The van der Waals surface area contributed by atoms with Crippen molar-refractivity contribution < 1.29 is 24.2 Å². The van der Waals surface area contributed by atoms with Gasteiger partial charge in [-0.15, -0.1) is 0 Å². The second-order valence-electron chi connectivity index (χ2n) is 5.99. The van der Waals surface area contributed by atoms with Gasteiger partial charge in [-0.3, -0.25) is 4.79 Å². The standard InChI is InChI=1S/C17H22N2O5/c1-11(20)14-9-13(18-16(21)22)7-8-15(14)19-17(23)24-10-12-5-3-2-4-6-12/h2-6,13-15,18H,7-10H2,1H3,(H,19,23)(H,21,22)/t13?,14-,15-/m0/s1. The molecule has 2 rings (SSSR count). The van der Waals surface area contributed by atoms with E-state index < -0.39 is 18.1 Å². The topological polar surface area (TPSA) is 105 Å². The highest BCUT2D eigenvalue weighted by Gasteiger charge is 2.35. The number of benzene rings is 1. The maximum Gasteiger partial charge on any atom is 0.407 e. The van der Waals surface area contributed by atoms with E-state index in [9.17, 15) is 14.4 Å². The highest BCUT2D eigenvalue weighted by atomic mass is 16.5. The molecule has 0 bridgehead atoms. The van der Waals surface area contributed by atoms with Crippen LogP contribution < -0.4 is 10.6 Å². The summed E-state index contributed by atoms with van der Waals surface area (Å²) in [6.07, 6.45) is -0.198. The quantitative estimate of drug-likeness (QED) is 0.766. The molecule has 0 aliphatic heterocycles. The predicted octanol–water partition coefficient (Wildman–Crippen LogP) is 2.31. The summed E-state index contributed by atoms with van der Waals surface area (Å²) in [5, 5.41) is 13.9. The lowest BCUT2D eigenvalue weighted by Gasteiger charge is -2.34. The second kappa shape index (κ2) is 8.33. The van der Waals surface area contributed by atoms with Crippen LogP contribution in [0.2, 0.25) is 0 Å². The summed E-state index contributed by atoms with van der Waals surface area (Å²) in [7, 11) is 0. The molecule has 0 aromatic heterocycles. The van der Waals surface area contributed by atoms with E-state index in [0.717, 1.165) is 5.56 Å². The summed E-state index contributed by atoms with van der Waals surface area (Å²) in [6, 6.07) is 8.71. The molecule has 1 aliphatic carbocycles. The van der Waals surface area contributed by atoms with Gasteiger partial charge in [0.2, 0.25) is 0 Å². The molecule has 1 fully saturated rings. The number of ketones is 1. The van der Waals surface area contributed by atoms with Crippen LogP contribution in [0.15, 0.2) is 30.3 Å². The minimum absolute atomic E-state index is 0.0692. The van der Waals surface area contributed by atoms with Gasteiger partial charge in [0.15, 0.2) is 0 Å². The fourth-order valence-electron chi connectivity index (χ4n) is 3.01. The fourth-order valence-corrected chi connectivity index (χ4v) is 3.01. The Morgan fingerprint density at radius 1 is 1.17 bits per heavy atom. The van der Waals surface area contributed by atoms with E-state index in [0.29, 0.717) is 19.3 Å². The molecule has 3 atom stereocenters. The molecule has 0 heterocycles. The molecular formula is C17H22N2O5. The third kappa shape index (κ3) is 5.26. The first kappa shape index (κ1) is 17.8. The summed E-state index contributed by atoms with van der Waals surface area (Å²) < 4.78 is 5.18. The molecule has 7 heteroatoms. The van der Waals surface area contributed by atoms with Gasteiger partial charge >= 0.3 is 12.2 Å². The average molecular weight is 334 g/mol. The van der Waals surface area contributed by atoms with Crippen molar-refractivity contribution in [2.45, 2.75) is 44.9 Å². The average Bonchev–Trinajstić information content (AvgIpc) is 2.54. The lowest BCUT2D eigenvalue weighted by molar-refractivity contribution is -0.122. The number of carbonyl (C=O) groups is 3. The Morgan fingerprint density at radius 2 is 1.88 bits per heavy atom. The maximum atomic E-state index is 12.0. The Bertz CT molecular complexity index is 590. The van der Waals surface area contributed by atoms with Crippen LogP contribution in [-0.4, -0.2) is 35.2 Å². The molecule has 0 spiro atoms. The Hall–Kier alpha value is -2.57. The third-order valence-corrected chi connectivity index (χ3v) is 4.22. The molecule has 3 N–H and O–H groups in total. The fraction of sp³-hybridized carbons (Fsp3) is 0.471. The van der Waals surface area contributed by atoms with E-state index in [4.69, 9.17) is 9.84 Å². The van der Waals surface area contributed by atoms with Crippen molar-refractivity contribution in [1.29, 1.82) is 0 Å². The number of carboxylic acid groups (broad SMARTS) is 1. The highest BCUT2D eigenvalue weighted by molar-refractivity contribution is 5.80. The Labute approximate surface area is 140 Å². The number of rotatable bonds is 5. The minimum atomic E-state index is -1.10. The van der Waals surface area contributed by atoms with Crippen LogP contribution in [0.4, 0.5) is 9.59 Å². The van der Waals surface area contributed by atoms with Crippen LogP contribution >= 0.6 is 0 Å². The zero-order chi connectivity index (χ0) is 17.5. The summed E-state index contributed by atoms with van der Waals surface area (Å²) in [5.74, 6) is -0.486. The molecule has 1 aliphatic rings. The molecular weight excluding hydrogens is 312 g/mol. The first-order valence-electron chi connectivity index (χ1n) is 7.93. The van der Waals surface area contributed by atoms with E-state index >= 15 is 0 Å². The summed E-state index contributed by atoms with van der Waals surface area (Å²) in [6.45, 7) is 1.62. The van der Waals surface area contributed by atoms with Crippen molar-refractivity contribution in [2.75, 3.05) is 0 Å². The molecule has 24 heavy (non-hydrogen) atoms. The van der Waals surface area contributed by atoms with E-state index in [-0.39, 0.29) is 24.5 Å². The van der Waals surface area contributed by atoms with Gasteiger partial charge in [-0.05, 0) is 31.7 Å². The van der Waals surface area contributed by atoms with E-state index in [1.165, 1.54) is 6.92 Å². The second-order valence-corrected chi connectivity index (χ2v) is 5.99. The van der Waals surface area contributed by atoms with Crippen molar-refractivity contribution in [1.82, 2.24) is 10.6 Å². The molecule has 0 saturated heterocycles. The van der Waals surface area contributed by atoms with E-state index in [1.54, 1.807) is 0 Å². The van der Waals surface area contributed by atoms with Gasteiger partial charge in [0.05, 0.1) is 0 Å². The van der Waals surface area contributed by atoms with Gasteiger partial charge in [-0.2, -0.15) is 0 Å². The van der Waals surface area contributed by atoms with Crippen molar-refractivity contribution in [2.24, 2.45) is 5.92 Å². The van der Waals surface area contributed by atoms with Crippen molar-refractivity contribution in [3.63, 3.8) is 0 Å². The summed E-state index contributed by atoms with van der Waals surface area (Å²) in [5.41, 5.74) is 0.880. The number of hydrogen-bond acceptors (Lipinski definition) is 4. The van der Waals surface area contributed by atoms with Gasteiger partial charge in [0, 0.05) is 18.0 Å². The third-order valence-electron chi connectivity index (χ3n) is 4.22. The number of alkyl carbamates (subject to hydrolysis) is 1.